The number of rotatable bonds is 1. The van der Waals surface area contributed by atoms with Crippen molar-refractivity contribution in [2.75, 3.05) is 5.73 Å². The smallest absolute Gasteiger partial charge is 0.250 e. The maximum absolute atomic E-state index is 11.5. The van der Waals surface area contributed by atoms with Gasteiger partial charge in [-0.25, -0.2) is 0 Å². The molecule has 0 unspecified atom stereocenters. The maximum atomic E-state index is 11.5. The zero-order valence-electron chi connectivity index (χ0n) is 11.2. The van der Waals surface area contributed by atoms with Gasteiger partial charge in [-0.3, -0.25) is 4.79 Å². The standard InChI is InChI=1S/C15H18N2O/c1-8-5-9(2)11(4)15(10(8)3)12-6-13(16)17-14(18)7-12/h5-7H,1-4H3,(H3,16,17,18). The van der Waals surface area contributed by atoms with Crippen LogP contribution in [0.2, 0.25) is 0 Å². The van der Waals surface area contributed by atoms with E-state index in [2.05, 4.69) is 38.7 Å². The van der Waals surface area contributed by atoms with Crippen LogP contribution in [0, 0.1) is 27.7 Å². The molecule has 0 saturated carbocycles. The summed E-state index contributed by atoms with van der Waals surface area (Å²) in [6, 6.07) is 5.59. The summed E-state index contributed by atoms with van der Waals surface area (Å²) in [6.07, 6.45) is 0. The number of hydrogen-bond donors (Lipinski definition) is 2. The van der Waals surface area contributed by atoms with Crippen LogP contribution in [0.25, 0.3) is 11.1 Å². The van der Waals surface area contributed by atoms with E-state index in [9.17, 15) is 4.79 Å². The average Bonchev–Trinajstić information content (AvgIpc) is 2.25. The van der Waals surface area contributed by atoms with Gasteiger partial charge in [-0.05, 0) is 67.1 Å². The van der Waals surface area contributed by atoms with E-state index in [-0.39, 0.29) is 5.56 Å². The second-order valence-corrected chi connectivity index (χ2v) is 4.82. The van der Waals surface area contributed by atoms with Crippen LogP contribution in [0.5, 0.6) is 0 Å². The van der Waals surface area contributed by atoms with Gasteiger partial charge in [0.2, 0.25) is 5.56 Å². The fourth-order valence-corrected chi connectivity index (χ4v) is 2.36. The van der Waals surface area contributed by atoms with Crippen molar-refractivity contribution in [1.29, 1.82) is 0 Å². The number of aromatic nitrogens is 1. The molecule has 0 aliphatic rings. The summed E-state index contributed by atoms with van der Waals surface area (Å²) in [4.78, 5) is 14.1. The number of anilines is 1. The Bertz CT molecular complexity index is 643. The number of aryl methyl sites for hydroxylation is 2. The number of nitrogens with one attached hydrogen (secondary N) is 1. The first-order valence-electron chi connectivity index (χ1n) is 5.97. The number of benzene rings is 1. The zero-order valence-corrected chi connectivity index (χ0v) is 11.2. The quantitative estimate of drug-likeness (QED) is 0.807. The monoisotopic (exact) mass is 242 g/mol. The first kappa shape index (κ1) is 12.4. The van der Waals surface area contributed by atoms with Gasteiger partial charge in [0.05, 0.1) is 0 Å². The minimum atomic E-state index is -0.164. The van der Waals surface area contributed by atoms with Crippen molar-refractivity contribution in [3.8, 4) is 11.1 Å². The van der Waals surface area contributed by atoms with Gasteiger partial charge < -0.3 is 10.7 Å². The zero-order chi connectivity index (χ0) is 13.4. The number of aromatic amines is 1. The van der Waals surface area contributed by atoms with E-state index in [4.69, 9.17) is 5.73 Å². The van der Waals surface area contributed by atoms with E-state index < -0.39 is 0 Å². The molecule has 2 rings (SSSR count). The Morgan fingerprint density at radius 3 is 2.00 bits per heavy atom. The van der Waals surface area contributed by atoms with Gasteiger partial charge in [0.15, 0.2) is 0 Å². The topological polar surface area (TPSA) is 58.9 Å². The lowest BCUT2D eigenvalue weighted by Crippen LogP contribution is -2.08. The molecule has 0 aliphatic carbocycles. The highest BCUT2D eigenvalue weighted by molar-refractivity contribution is 5.74. The summed E-state index contributed by atoms with van der Waals surface area (Å²) in [5, 5.41) is 0. The molecule has 3 N–H and O–H groups in total. The van der Waals surface area contributed by atoms with Crippen molar-refractivity contribution < 1.29 is 0 Å². The fourth-order valence-electron chi connectivity index (χ4n) is 2.36. The van der Waals surface area contributed by atoms with Crippen LogP contribution in [0.1, 0.15) is 22.3 Å². The van der Waals surface area contributed by atoms with Crippen molar-refractivity contribution in [3.63, 3.8) is 0 Å². The van der Waals surface area contributed by atoms with Crippen molar-refractivity contribution in [3.05, 3.63) is 50.8 Å². The van der Waals surface area contributed by atoms with Crippen LogP contribution < -0.4 is 11.3 Å². The number of hydrogen-bond acceptors (Lipinski definition) is 2. The molecule has 1 aromatic heterocycles. The van der Waals surface area contributed by atoms with Crippen LogP contribution in [-0.4, -0.2) is 4.98 Å². The molecule has 0 spiro atoms. The number of nitrogens with two attached hydrogens (primary N) is 1. The molecule has 1 aromatic carbocycles. The highest BCUT2D eigenvalue weighted by Gasteiger charge is 2.11. The molecule has 0 aliphatic heterocycles. The Hall–Kier alpha value is -2.03. The molecule has 0 bridgehead atoms. The lowest BCUT2D eigenvalue weighted by atomic mass is 9.90. The molecule has 3 nitrogen and oxygen atoms in total. The van der Waals surface area contributed by atoms with Crippen LogP contribution in [0.3, 0.4) is 0 Å². The van der Waals surface area contributed by atoms with E-state index in [0.717, 1.165) is 11.1 Å². The lowest BCUT2D eigenvalue weighted by Gasteiger charge is -2.15. The minimum absolute atomic E-state index is 0.164. The van der Waals surface area contributed by atoms with Gasteiger partial charge in [-0.1, -0.05) is 6.07 Å². The highest BCUT2D eigenvalue weighted by atomic mass is 16.1. The molecular formula is C15H18N2O. The molecule has 0 radical (unpaired) electrons. The van der Waals surface area contributed by atoms with E-state index >= 15 is 0 Å². The first-order chi connectivity index (χ1) is 8.40. The lowest BCUT2D eigenvalue weighted by molar-refractivity contribution is 1.22. The minimum Gasteiger partial charge on any atom is -0.385 e. The van der Waals surface area contributed by atoms with Crippen molar-refractivity contribution in [1.82, 2.24) is 4.98 Å². The van der Waals surface area contributed by atoms with Gasteiger partial charge >= 0.3 is 0 Å². The van der Waals surface area contributed by atoms with Crippen LogP contribution in [0.4, 0.5) is 5.82 Å². The molecule has 0 saturated heterocycles. The Kier molecular flexibility index (Phi) is 2.99. The summed E-state index contributed by atoms with van der Waals surface area (Å²) in [5.41, 5.74) is 12.4. The third-order valence-electron chi connectivity index (χ3n) is 3.52. The van der Waals surface area contributed by atoms with Crippen LogP contribution >= 0.6 is 0 Å². The molecule has 94 valence electrons. The number of pyridine rings is 1. The summed E-state index contributed by atoms with van der Waals surface area (Å²) in [6.45, 7) is 8.33. The van der Waals surface area contributed by atoms with E-state index in [1.807, 2.05) is 6.07 Å². The Morgan fingerprint density at radius 2 is 1.50 bits per heavy atom. The molecule has 0 fully saturated rings. The van der Waals surface area contributed by atoms with E-state index in [1.54, 1.807) is 6.07 Å². The molecular weight excluding hydrogens is 224 g/mol. The van der Waals surface area contributed by atoms with Gasteiger partial charge in [-0.15, -0.1) is 0 Å². The molecule has 1 heterocycles. The molecule has 0 atom stereocenters. The predicted molar refractivity (Wildman–Crippen MR) is 75.9 cm³/mol. The van der Waals surface area contributed by atoms with Crippen molar-refractivity contribution in [2.24, 2.45) is 0 Å². The molecule has 2 aromatic rings. The van der Waals surface area contributed by atoms with Gasteiger partial charge in [-0.2, -0.15) is 0 Å². The number of nitrogen functional groups attached to an aromatic ring is 1. The average molecular weight is 242 g/mol. The Morgan fingerprint density at radius 1 is 0.944 bits per heavy atom. The largest absolute Gasteiger partial charge is 0.385 e. The van der Waals surface area contributed by atoms with E-state index in [1.165, 1.54) is 22.3 Å². The van der Waals surface area contributed by atoms with Crippen molar-refractivity contribution >= 4 is 5.82 Å². The van der Waals surface area contributed by atoms with Gasteiger partial charge in [0.25, 0.3) is 0 Å². The third-order valence-corrected chi connectivity index (χ3v) is 3.52. The van der Waals surface area contributed by atoms with Gasteiger partial charge in [0.1, 0.15) is 5.82 Å². The van der Waals surface area contributed by atoms with Crippen LogP contribution in [-0.2, 0) is 0 Å². The van der Waals surface area contributed by atoms with Crippen molar-refractivity contribution in [2.45, 2.75) is 27.7 Å². The summed E-state index contributed by atoms with van der Waals surface area (Å²) in [5.74, 6) is 0.399. The summed E-state index contributed by atoms with van der Waals surface area (Å²) >= 11 is 0. The predicted octanol–water partition coefficient (Wildman–Crippen LogP) is 2.86. The third kappa shape index (κ3) is 2.04. The number of H-pyrrole nitrogens is 1. The Balaban J connectivity index is 2.82. The normalized spacial score (nSPS) is 10.7. The van der Waals surface area contributed by atoms with E-state index in [0.29, 0.717) is 5.82 Å². The molecule has 18 heavy (non-hydrogen) atoms. The SMILES string of the molecule is Cc1cc(C)c(C)c(-c2cc(N)[nH]c(=O)c2)c1C. The fraction of sp³-hybridized carbons (Fsp3) is 0.267. The molecule has 3 heteroatoms. The maximum Gasteiger partial charge on any atom is 0.250 e. The first-order valence-corrected chi connectivity index (χ1v) is 5.97. The molecule has 0 amide bonds. The summed E-state index contributed by atoms with van der Waals surface area (Å²) < 4.78 is 0. The second-order valence-electron chi connectivity index (χ2n) is 4.82. The second kappa shape index (κ2) is 4.33. The highest BCUT2D eigenvalue weighted by Crippen LogP contribution is 2.31. The van der Waals surface area contributed by atoms with Gasteiger partial charge in [0, 0.05) is 6.07 Å². The van der Waals surface area contributed by atoms with Crippen LogP contribution in [0.15, 0.2) is 23.0 Å². The Labute approximate surface area is 107 Å². The summed E-state index contributed by atoms with van der Waals surface area (Å²) in [7, 11) is 0.